The first-order valence-corrected chi connectivity index (χ1v) is 4.52. The van der Waals surface area contributed by atoms with Crippen molar-refractivity contribution in [1.82, 2.24) is 0 Å². The first kappa shape index (κ1) is 11.7. The van der Waals surface area contributed by atoms with Crippen molar-refractivity contribution >= 4 is 11.5 Å². The zero-order valence-corrected chi connectivity index (χ0v) is 8.70. The summed E-state index contributed by atoms with van der Waals surface area (Å²) < 4.78 is 0. The van der Waals surface area contributed by atoms with E-state index in [4.69, 9.17) is 16.2 Å². The fraction of sp³-hybridized carbons (Fsp3) is 0.200. The van der Waals surface area contributed by atoms with E-state index in [1.54, 1.807) is 18.2 Å². The number of hydrogen-bond donors (Lipinski definition) is 2. The average molecular weight is 217 g/mol. The molecule has 1 unspecified atom stereocenters. The van der Waals surface area contributed by atoms with Crippen molar-refractivity contribution < 1.29 is 5.21 Å². The van der Waals surface area contributed by atoms with Gasteiger partial charge >= 0.3 is 0 Å². The van der Waals surface area contributed by atoms with Gasteiger partial charge in [0.1, 0.15) is 0 Å². The lowest BCUT2D eigenvalue weighted by atomic mass is 10.2. The Morgan fingerprint density at radius 1 is 1.44 bits per heavy atom. The molecule has 0 aliphatic heterocycles. The number of nitriles is 1. The van der Waals surface area contributed by atoms with Crippen molar-refractivity contribution in [3.63, 3.8) is 0 Å². The highest BCUT2D eigenvalue weighted by Crippen LogP contribution is 2.13. The highest BCUT2D eigenvalue weighted by atomic mass is 16.4. The molecule has 0 saturated carbocycles. The Morgan fingerprint density at radius 2 is 2.06 bits per heavy atom. The number of oxime groups is 1. The molecule has 6 heteroatoms. The standard InChI is InChI=1S/C10H11N5O/c1-7-2-4-8(5-3-7)13-14-9(6-11)10(12)15-16/h2-5,9,16H,1H3,(H2,12,15). The molecular weight excluding hydrogens is 206 g/mol. The zero-order chi connectivity index (χ0) is 12.0. The van der Waals surface area contributed by atoms with Gasteiger partial charge in [-0.1, -0.05) is 22.9 Å². The molecule has 6 nitrogen and oxygen atoms in total. The first-order chi connectivity index (χ1) is 7.67. The van der Waals surface area contributed by atoms with Crippen LogP contribution in [-0.4, -0.2) is 17.1 Å². The maximum Gasteiger partial charge on any atom is 0.217 e. The van der Waals surface area contributed by atoms with Crippen molar-refractivity contribution in [2.24, 2.45) is 21.1 Å². The molecule has 3 N–H and O–H groups in total. The maximum atomic E-state index is 8.67. The average Bonchev–Trinajstić information content (AvgIpc) is 2.31. The second kappa shape index (κ2) is 5.46. The predicted molar refractivity (Wildman–Crippen MR) is 58.5 cm³/mol. The molecule has 0 aliphatic carbocycles. The topological polar surface area (TPSA) is 107 Å². The Hall–Kier alpha value is -2.42. The molecule has 0 saturated heterocycles. The SMILES string of the molecule is Cc1ccc(N=NC(C#N)/C(N)=N/O)cc1. The second-order valence-corrected chi connectivity index (χ2v) is 3.11. The molecule has 0 fully saturated rings. The Kier molecular flexibility index (Phi) is 3.98. The molecular formula is C10H11N5O. The Labute approximate surface area is 92.7 Å². The third-order valence-corrected chi connectivity index (χ3v) is 1.84. The third kappa shape index (κ3) is 3.06. The van der Waals surface area contributed by atoms with Crippen LogP contribution < -0.4 is 5.73 Å². The van der Waals surface area contributed by atoms with Gasteiger partial charge in [-0.2, -0.15) is 15.5 Å². The van der Waals surface area contributed by atoms with Crippen LogP contribution in [0.3, 0.4) is 0 Å². The molecule has 0 aliphatic rings. The van der Waals surface area contributed by atoms with Crippen LogP contribution in [0.5, 0.6) is 0 Å². The number of nitrogens with zero attached hydrogens (tertiary/aromatic N) is 4. The molecule has 1 aromatic rings. The van der Waals surface area contributed by atoms with Gasteiger partial charge < -0.3 is 10.9 Å². The summed E-state index contributed by atoms with van der Waals surface area (Å²) in [5.41, 5.74) is 6.95. The minimum atomic E-state index is -1.06. The summed E-state index contributed by atoms with van der Waals surface area (Å²) in [7, 11) is 0. The number of benzene rings is 1. The van der Waals surface area contributed by atoms with Gasteiger partial charge in [0.05, 0.1) is 11.8 Å². The predicted octanol–water partition coefficient (Wildman–Crippen LogP) is 1.72. The fourth-order valence-electron chi connectivity index (χ4n) is 0.942. The molecule has 1 aromatic carbocycles. The number of nitrogens with two attached hydrogens (primary N) is 1. The molecule has 82 valence electrons. The van der Waals surface area contributed by atoms with E-state index in [1.165, 1.54) is 0 Å². The van der Waals surface area contributed by atoms with Crippen molar-refractivity contribution in [3.8, 4) is 6.07 Å². The molecule has 1 atom stereocenters. The van der Waals surface area contributed by atoms with Gasteiger partial charge in [0.2, 0.25) is 6.04 Å². The lowest BCUT2D eigenvalue weighted by Gasteiger charge is -1.98. The second-order valence-electron chi connectivity index (χ2n) is 3.11. The quantitative estimate of drug-likeness (QED) is 0.264. The van der Waals surface area contributed by atoms with Crippen LogP contribution in [-0.2, 0) is 0 Å². The Morgan fingerprint density at radius 3 is 2.56 bits per heavy atom. The minimum Gasteiger partial charge on any atom is -0.409 e. The van der Waals surface area contributed by atoms with Gasteiger partial charge in [-0.25, -0.2) is 0 Å². The minimum absolute atomic E-state index is 0.279. The van der Waals surface area contributed by atoms with Crippen LogP contribution in [0.2, 0.25) is 0 Å². The van der Waals surface area contributed by atoms with E-state index in [2.05, 4.69) is 15.4 Å². The summed E-state index contributed by atoms with van der Waals surface area (Å²) in [6, 6.07) is 7.97. The highest BCUT2D eigenvalue weighted by molar-refractivity contribution is 5.87. The third-order valence-electron chi connectivity index (χ3n) is 1.84. The Bertz CT molecular complexity index is 443. The van der Waals surface area contributed by atoms with Crippen molar-refractivity contribution in [2.45, 2.75) is 13.0 Å². The highest BCUT2D eigenvalue weighted by Gasteiger charge is 2.10. The van der Waals surface area contributed by atoms with Gasteiger partial charge in [-0.3, -0.25) is 0 Å². The van der Waals surface area contributed by atoms with E-state index < -0.39 is 6.04 Å². The molecule has 0 aromatic heterocycles. The van der Waals surface area contributed by atoms with Crippen molar-refractivity contribution in [3.05, 3.63) is 29.8 Å². The summed E-state index contributed by atoms with van der Waals surface area (Å²) in [5.74, 6) is -0.279. The first-order valence-electron chi connectivity index (χ1n) is 4.52. The molecule has 0 bridgehead atoms. The number of azo groups is 1. The lowest BCUT2D eigenvalue weighted by molar-refractivity contribution is 0.316. The largest absolute Gasteiger partial charge is 0.409 e. The van der Waals surface area contributed by atoms with Crippen LogP contribution in [0.4, 0.5) is 5.69 Å². The molecule has 0 heterocycles. The van der Waals surface area contributed by atoms with E-state index in [0.717, 1.165) is 5.56 Å². The van der Waals surface area contributed by atoms with Gasteiger partial charge in [0.15, 0.2) is 5.84 Å². The number of rotatable bonds is 3. The van der Waals surface area contributed by atoms with Gasteiger partial charge in [-0.05, 0) is 19.1 Å². The van der Waals surface area contributed by atoms with E-state index in [0.29, 0.717) is 5.69 Å². The van der Waals surface area contributed by atoms with E-state index >= 15 is 0 Å². The summed E-state index contributed by atoms with van der Waals surface area (Å²) in [6.07, 6.45) is 0. The molecule has 1 rings (SSSR count). The number of hydrogen-bond acceptors (Lipinski definition) is 5. The van der Waals surface area contributed by atoms with E-state index in [-0.39, 0.29) is 5.84 Å². The van der Waals surface area contributed by atoms with Crippen LogP contribution in [0.25, 0.3) is 0 Å². The summed E-state index contributed by atoms with van der Waals surface area (Å²) in [4.78, 5) is 0. The number of aryl methyl sites for hydroxylation is 1. The van der Waals surface area contributed by atoms with Crippen molar-refractivity contribution in [1.29, 1.82) is 5.26 Å². The van der Waals surface area contributed by atoms with Crippen molar-refractivity contribution in [2.75, 3.05) is 0 Å². The summed E-state index contributed by atoms with van der Waals surface area (Å²) >= 11 is 0. The fourth-order valence-corrected chi connectivity index (χ4v) is 0.942. The van der Waals surface area contributed by atoms with Crippen LogP contribution >= 0.6 is 0 Å². The smallest absolute Gasteiger partial charge is 0.217 e. The summed E-state index contributed by atoms with van der Waals surface area (Å²) in [6.45, 7) is 1.95. The summed E-state index contributed by atoms with van der Waals surface area (Å²) in [5, 5.41) is 27.2. The lowest BCUT2D eigenvalue weighted by Crippen LogP contribution is -2.25. The number of amidine groups is 1. The van der Waals surface area contributed by atoms with E-state index in [1.807, 2.05) is 19.1 Å². The van der Waals surface area contributed by atoms with Crippen LogP contribution in [0.1, 0.15) is 5.56 Å². The van der Waals surface area contributed by atoms with Gasteiger partial charge in [-0.15, -0.1) is 0 Å². The monoisotopic (exact) mass is 217 g/mol. The van der Waals surface area contributed by atoms with Gasteiger partial charge in [0, 0.05) is 0 Å². The van der Waals surface area contributed by atoms with E-state index in [9.17, 15) is 0 Å². The maximum absolute atomic E-state index is 8.67. The molecule has 0 spiro atoms. The Balaban J connectivity index is 2.80. The zero-order valence-electron chi connectivity index (χ0n) is 8.70. The normalized spacial score (nSPS) is 13.6. The molecule has 0 amide bonds. The van der Waals surface area contributed by atoms with Crippen LogP contribution in [0.15, 0.2) is 39.6 Å². The molecule has 16 heavy (non-hydrogen) atoms. The van der Waals surface area contributed by atoms with Gasteiger partial charge in [0.25, 0.3) is 0 Å². The van der Waals surface area contributed by atoms with Crippen LogP contribution in [0, 0.1) is 18.3 Å². The molecule has 0 radical (unpaired) electrons.